The Kier molecular flexibility index (Phi) is 6.00. The maximum atomic E-state index is 11.5. The fraction of sp³-hybridized carbons (Fsp3) is 0.571. The Hall–Kier alpha value is -1.97. The Morgan fingerprint density at radius 1 is 1.28 bits per heavy atom. The van der Waals surface area contributed by atoms with Gasteiger partial charge >= 0.3 is 5.97 Å². The molecule has 136 valence electrons. The second-order valence-electron chi connectivity index (χ2n) is 7.41. The van der Waals surface area contributed by atoms with Crippen molar-refractivity contribution < 1.29 is 14.6 Å². The van der Waals surface area contributed by atoms with Gasteiger partial charge in [0.15, 0.2) is 0 Å². The van der Waals surface area contributed by atoms with Crippen molar-refractivity contribution in [3.05, 3.63) is 47.1 Å². The van der Waals surface area contributed by atoms with Gasteiger partial charge in [-0.3, -0.25) is 4.79 Å². The first-order chi connectivity index (χ1) is 12.1. The largest absolute Gasteiger partial charge is 0.481 e. The first-order valence-electron chi connectivity index (χ1n) is 9.56. The number of allylic oxidation sites excluding steroid dienone is 4. The first-order valence-corrected chi connectivity index (χ1v) is 9.56. The molecule has 1 saturated carbocycles. The molecule has 0 spiro atoms. The number of carboxylic acid groups (broad SMARTS) is 1. The summed E-state index contributed by atoms with van der Waals surface area (Å²) in [5.41, 5.74) is 1.85. The van der Waals surface area contributed by atoms with Gasteiger partial charge in [-0.2, -0.15) is 0 Å². The number of nitrogens with one attached hydrogen (secondary N) is 1. The number of carboxylic acids is 1. The van der Waals surface area contributed by atoms with Gasteiger partial charge in [-0.1, -0.05) is 25.3 Å². The van der Waals surface area contributed by atoms with Gasteiger partial charge in [-0.15, -0.1) is 0 Å². The van der Waals surface area contributed by atoms with Crippen molar-refractivity contribution in [3.63, 3.8) is 0 Å². The summed E-state index contributed by atoms with van der Waals surface area (Å²) in [4.78, 5) is 11.5. The third kappa shape index (κ3) is 4.77. The third-order valence-corrected chi connectivity index (χ3v) is 5.33. The van der Waals surface area contributed by atoms with Crippen LogP contribution >= 0.6 is 0 Å². The van der Waals surface area contributed by atoms with Crippen molar-refractivity contribution in [1.29, 1.82) is 0 Å². The van der Waals surface area contributed by atoms with E-state index in [0.29, 0.717) is 12.3 Å². The van der Waals surface area contributed by atoms with E-state index < -0.39 is 11.9 Å². The molecule has 3 aliphatic rings. The van der Waals surface area contributed by atoms with E-state index in [1.807, 2.05) is 19.1 Å². The summed E-state index contributed by atoms with van der Waals surface area (Å²) in [5.74, 6) is 1.10. The zero-order valence-corrected chi connectivity index (χ0v) is 15.1. The fourth-order valence-electron chi connectivity index (χ4n) is 3.86. The quantitative estimate of drug-likeness (QED) is 0.736. The standard InChI is InChI=1S/C21H29NO3/c1-15-12-17(21(23)24)13-19(22-14-16-8-4-2-5-9-16)20(15)25-18-10-6-3-7-11-18/h6,10-11,13,16-17,22H,2-5,7-9,12,14H2,1H3,(H,23,24). The summed E-state index contributed by atoms with van der Waals surface area (Å²) in [7, 11) is 0. The van der Waals surface area contributed by atoms with E-state index in [9.17, 15) is 9.90 Å². The average Bonchev–Trinajstić information content (AvgIpc) is 2.63. The van der Waals surface area contributed by atoms with Crippen LogP contribution < -0.4 is 5.32 Å². The molecule has 0 saturated heterocycles. The van der Waals surface area contributed by atoms with Crippen LogP contribution in [-0.4, -0.2) is 17.6 Å². The molecule has 1 fully saturated rings. The van der Waals surface area contributed by atoms with Crippen LogP contribution in [0.4, 0.5) is 0 Å². The Morgan fingerprint density at radius 2 is 2.08 bits per heavy atom. The molecule has 0 aromatic rings. The number of ether oxygens (including phenoxy) is 1. The molecular weight excluding hydrogens is 314 g/mol. The van der Waals surface area contributed by atoms with E-state index in [0.717, 1.165) is 42.2 Å². The van der Waals surface area contributed by atoms with Crippen molar-refractivity contribution >= 4 is 5.97 Å². The highest BCUT2D eigenvalue weighted by Gasteiger charge is 2.27. The third-order valence-electron chi connectivity index (χ3n) is 5.33. The van der Waals surface area contributed by atoms with E-state index >= 15 is 0 Å². The molecule has 4 heteroatoms. The van der Waals surface area contributed by atoms with E-state index in [-0.39, 0.29) is 0 Å². The number of hydrogen-bond acceptors (Lipinski definition) is 3. The average molecular weight is 343 g/mol. The summed E-state index contributed by atoms with van der Waals surface area (Å²) >= 11 is 0. The lowest BCUT2D eigenvalue weighted by molar-refractivity contribution is -0.140. The van der Waals surface area contributed by atoms with E-state index in [4.69, 9.17) is 4.74 Å². The minimum absolute atomic E-state index is 0.475. The van der Waals surface area contributed by atoms with Crippen LogP contribution in [-0.2, 0) is 9.53 Å². The predicted octanol–water partition coefficient (Wildman–Crippen LogP) is 4.67. The van der Waals surface area contributed by atoms with Gasteiger partial charge in [0, 0.05) is 6.54 Å². The van der Waals surface area contributed by atoms with Gasteiger partial charge in [-0.25, -0.2) is 0 Å². The molecule has 1 atom stereocenters. The minimum Gasteiger partial charge on any atom is -0.481 e. The van der Waals surface area contributed by atoms with Gasteiger partial charge in [0.05, 0.1) is 11.6 Å². The molecule has 0 heterocycles. The Morgan fingerprint density at radius 3 is 2.76 bits per heavy atom. The van der Waals surface area contributed by atoms with Crippen LogP contribution in [0.3, 0.4) is 0 Å². The molecular formula is C21H29NO3. The monoisotopic (exact) mass is 343 g/mol. The molecule has 0 bridgehead atoms. The van der Waals surface area contributed by atoms with Gasteiger partial charge in [0.1, 0.15) is 11.5 Å². The predicted molar refractivity (Wildman–Crippen MR) is 98.6 cm³/mol. The smallest absolute Gasteiger partial charge is 0.310 e. The first kappa shape index (κ1) is 17.8. The lowest BCUT2D eigenvalue weighted by Gasteiger charge is -2.28. The van der Waals surface area contributed by atoms with Gasteiger partial charge < -0.3 is 15.2 Å². The van der Waals surface area contributed by atoms with Gasteiger partial charge in [-0.05, 0) is 68.7 Å². The molecule has 25 heavy (non-hydrogen) atoms. The topological polar surface area (TPSA) is 58.6 Å². The van der Waals surface area contributed by atoms with Crippen LogP contribution in [0.25, 0.3) is 0 Å². The zero-order chi connectivity index (χ0) is 17.6. The highest BCUT2D eigenvalue weighted by molar-refractivity contribution is 5.73. The molecule has 0 aliphatic heterocycles. The van der Waals surface area contributed by atoms with Crippen molar-refractivity contribution in [3.8, 4) is 0 Å². The molecule has 3 rings (SSSR count). The Balaban J connectivity index is 1.73. The van der Waals surface area contributed by atoms with Crippen LogP contribution in [0, 0.1) is 11.8 Å². The van der Waals surface area contributed by atoms with Crippen LogP contribution in [0.2, 0.25) is 0 Å². The molecule has 0 radical (unpaired) electrons. The molecule has 2 N–H and O–H groups in total. The van der Waals surface area contributed by atoms with Crippen molar-refractivity contribution in [1.82, 2.24) is 5.32 Å². The zero-order valence-electron chi connectivity index (χ0n) is 15.1. The number of hydrogen-bond donors (Lipinski definition) is 2. The van der Waals surface area contributed by atoms with E-state index in [1.165, 1.54) is 32.1 Å². The summed E-state index contributed by atoms with van der Waals surface area (Å²) in [6.07, 6.45) is 17.1. The molecule has 1 unspecified atom stereocenters. The van der Waals surface area contributed by atoms with Crippen LogP contribution in [0.15, 0.2) is 47.1 Å². The maximum absolute atomic E-state index is 11.5. The van der Waals surface area contributed by atoms with Crippen LogP contribution in [0.5, 0.6) is 0 Å². The maximum Gasteiger partial charge on any atom is 0.310 e. The van der Waals surface area contributed by atoms with Crippen molar-refractivity contribution in [2.24, 2.45) is 11.8 Å². The second-order valence-corrected chi connectivity index (χ2v) is 7.41. The van der Waals surface area contributed by atoms with Crippen molar-refractivity contribution in [2.75, 3.05) is 6.54 Å². The van der Waals surface area contributed by atoms with Gasteiger partial charge in [0.25, 0.3) is 0 Å². The van der Waals surface area contributed by atoms with E-state index in [2.05, 4.69) is 17.5 Å². The molecule has 3 aliphatic carbocycles. The highest BCUT2D eigenvalue weighted by Crippen LogP contribution is 2.32. The summed E-state index contributed by atoms with van der Waals surface area (Å²) < 4.78 is 6.16. The number of rotatable bonds is 6. The summed E-state index contributed by atoms with van der Waals surface area (Å²) in [6, 6.07) is 0. The van der Waals surface area contributed by atoms with Crippen molar-refractivity contribution in [2.45, 2.75) is 58.3 Å². The van der Waals surface area contributed by atoms with E-state index in [1.54, 1.807) is 0 Å². The molecule has 0 aromatic carbocycles. The van der Waals surface area contributed by atoms with Crippen LogP contribution in [0.1, 0.15) is 58.3 Å². The second kappa shape index (κ2) is 8.41. The molecule has 0 amide bonds. The van der Waals surface area contributed by atoms with Gasteiger partial charge in [0.2, 0.25) is 0 Å². The molecule has 0 aromatic heterocycles. The number of carbonyl (C=O) groups is 1. The SMILES string of the molecule is CC1=C(OC2=CCCC=C2)C(NCC2CCCCC2)=CC(C(=O)O)C1. The summed E-state index contributed by atoms with van der Waals surface area (Å²) in [5, 5.41) is 12.9. The minimum atomic E-state index is -0.771. The lowest BCUT2D eigenvalue weighted by atomic mass is 9.88. The normalized spacial score (nSPS) is 24.6. The fourth-order valence-corrected chi connectivity index (χ4v) is 3.86. The summed E-state index contributed by atoms with van der Waals surface area (Å²) in [6.45, 7) is 2.88. The number of aliphatic carboxylic acids is 1. The highest BCUT2D eigenvalue weighted by atomic mass is 16.5. The lowest BCUT2D eigenvalue weighted by Crippen LogP contribution is -2.29. The Labute approximate surface area is 150 Å². The Bertz CT molecular complexity index is 621. The molecule has 4 nitrogen and oxygen atoms in total.